The van der Waals surface area contributed by atoms with Crippen LogP contribution in [0.2, 0.25) is 0 Å². The van der Waals surface area contributed by atoms with Gasteiger partial charge in [0.05, 0.1) is 25.4 Å². The van der Waals surface area contributed by atoms with Crippen LogP contribution in [-0.4, -0.2) is 107 Å². The number of hydrogen-bond acceptors (Lipinski definition) is 11. The molecule has 280 valence electrons. The van der Waals surface area contributed by atoms with Crippen molar-refractivity contribution >= 4 is 16.3 Å². The molecule has 0 saturated carbocycles. The van der Waals surface area contributed by atoms with Crippen LogP contribution in [0.25, 0.3) is 0 Å². The van der Waals surface area contributed by atoms with Crippen LogP contribution in [0.5, 0.6) is 0 Å². The van der Waals surface area contributed by atoms with Crippen molar-refractivity contribution in [2.45, 2.75) is 191 Å². The van der Waals surface area contributed by atoms with Gasteiger partial charge < -0.3 is 40.3 Å². The Kier molecular flexibility index (Phi) is 24.3. The van der Waals surface area contributed by atoms with Gasteiger partial charge in [-0.2, -0.15) is 8.42 Å². The molecule has 1 fully saturated rings. The summed E-state index contributed by atoms with van der Waals surface area (Å²) in [6.07, 6.45) is 9.22. The minimum atomic E-state index is -5.09. The summed E-state index contributed by atoms with van der Waals surface area (Å²) in [5, 5.41) is 54.7. The zero-order valence-electron chi connectivity index (χ0n) is 28.7. The van der Waals surface area contributed by atoms with Crippen LogP contribution in [0.15, 0.2) is 0 Å². The molecule has 0 spiro atoms. The fraction of sp³-hybridized carbons (Fsp3) is 0.970. The predicted molar refractivity (Wildman–Crippen MR) is 178 cm³/mol. The van der Waals surface area contributed by atoms with E-state index in [0.29, 0.717) is 19.3 Å². The second-order valence-corrected chi connectivity index (χ2v) is 14.0. The van der Waals surface area contributed by atoms with E-state index < -0.39 is 78.5 Å². The normalized spacial score (nSPS) is 23.8. The fourth-order valence-corrected chi connectivity index (χ4v) is 6.32. The van der Waals surface area contributed by atoms with E-state index in [1.165, 1.54) is 51.4 Å². The third-order valence-electron chi connectivity index (χ3n) is 8.77. The molecule has 1 amide bonds. The molecule has 0 aromatic carbocycles. The number of rotatable bonds is 29. The number of ether oxygens (including phenoxy) is 2. The summed E-state index contributed by atoms with van der Waals surface area (Å²) in [7, 11) is -5.09. The Balaban J connectivity index is 2.69. The molecule has 0 radical (unpaired) electrons. The van der Waals surface area contributed by atoms with Crippen LogP contribution in [-0.2, 0) is 28.9 Å². The van der Waals surface area contributed by atoms with Crippen LogP contribution < -0.4 is 5.32 Å². The molecule has 0 aromatic rings. The van der Waals surface area contributed by atoms with Gasteiger partial charge in [-0.05, 0) is 12.8 Å². The Labute approximate surface area is 282 Å². The van der Waals surface area contributed by atoms with Gasteiger partial charge in [-0.15, -0.1) is 0 Å². The Morgan fingerprint density at radius 3 is 1.70 bits per heavy atom. The number of carbonyl (C=O) groups is 1. The van der Waals surface area contributed by atoms with E-state index in [9.17, 15) is 38.7 Å². The van der Waals surface area contributed by atoms with Gasteiger partial charge in [0.25, 0.3) is 0 Å². The summed E-state index contributed by atoms with van der Waals surface area (Å²) in [6, 6.07) is -1.02. The molecule has 0 aromatic heterocycles. The first-order valence-electron chi connectivity index (χ1n) is 18.0. The van der Waals surface area contributed by atoms with Crippen LogP contribution in [0.1, 0.15) is 142 Å². The summed E-state index contributed by atoms with van der Waals surface area (Å²) < 4.78 is 47.1. The maximum Gasteiger partial charge on any atom is 0.397 e. The number of unbranched alkanes of at least 4 members (excludes halogenated alkanes) is 16. The highest BCUT2D eigenvalue weighted by Crippen LogP contribution is 2.26. The lowest BCUT2D eigenvalue weighted by Gasteiger charge is -2.41. The summed E-state index contributed by atoms with van der Waals surface area (Å²) >= 11 is 0. The van der Waals surface area contributed by atoms with E-state index in [1.807, 2.05) is 0 Å². The lowest BCUT2D eigenvalue weighted by atomic mass is 9.99. The summed E-state index contributed by atoms with van der Waals surface area (Å²) in [5.74, 6) is -0.675. The second-order valence-electron chi connectivity index (χ2n) is 13.0. The summed E-state index contributed by atoms with van der Waals surface area (Å²) in [5.41, 5.74) is 0. The van der Waals surface area contributed by atoms with Crippen molar-refractivity contribution in [1.82, 2.24) is 5.32 Å². The van der Waals surface area contributed by atoms with Crippen molar-refractivity contribution in [3.8, 4) is 0 Å². The van der Waals surface area contributed by atoms with Crippen LogP contribution in [0.3, 0.4) is 0 Å². The van der Waals surface area contributed by atoms with Crippen molar-refractivity contribution in [3.05, 3.63) is 0 Å². The third-order valence-corrected chi connectivity index (χ3v) is 9.24. The zero-order valence-corrected chi connectivity index (χ0v) is 29.5. The van der Waals surface area contributed by atoms with Gasteiger partial charge in [0.2, 0.25) is 5.91 Å². The first-order valence-corrected chi connectivity index (χ1v) is 19.4. The SMILES string of the molecule is CCCCCCCCCCCCCC(O)C(=O)NC(COC1OC(CO)C(O)C(OS(=O)(=O)O)C1O)C(O)CCCCCCCCC. The topological polar surface area (TPSA) is 212 Å². The molecule has 1 aliphatic rings. The van der Waals surface area contributed by atoms with Gasteiger partial charge in [0.1, 0.15) is 30.5 Å². The largest absolute Gasteiger partial charge is 0.397 e. The third kappa shape index (κ3) is 19.7. The highest BCUT2D eigenvalue weighted by atomic mass is 32.3. The zero-order chi connectivity index (χ0) is 35.1. The fourth-order valence-electron chi connectivity index (χ4n) is 5.82. The minimum Gasteiger partial charge on any atom is -0.394 e. The van der Waals surface area contributed by atoms with Crippen LogP contribution >= 0.6 is 0 Å². The van der Waals surface area contributed by atoms with E-state index in [4.69, 9.17) is 14.0 Å². The van der Waals surface area contributed by atoms with Crippen LogP contribution in [0, 0.1) is 0 Å². The van der Waals surface area contributed by atoms with Crippen LogP contribution in [0.4, 0.5) is 0 Å². The molecule has 47 heavy (non-hydrogen) atoms. The molecule has 8 atom stereocenters. The van der Waals surface area contributed by atoms with Crippen molar-refractivity contribution in [2.75, 3.05) is 13.2 Å². The lowest BCUT2D eigenvalue weighted by Crippen LogP contribution is -2.61. The number of carbonyl (C=O) groups excluding carboxylic acids is 1. The number of aliphatic hydroxyl groups is 5. The van der Waals surface area contributed by atoms with Gasteiger partial charge in [0, 0.05) is 0 Å². The van der Waals surface area contributed by atoms with Crippen molar-refractivity contribution in [1.29, 1.82) is 0 Å². The second kappa shape index (κ2) is 25.9. The molecule has 0 bridgehead atoms. The van der Waals surface area contributed by atoms with E-state index in [1.54, 1.807) is 0 Å². The monoisotopic (exact) mass is 699 g/mol. The Morgan fingerprint density at radius 2 is 1.23 bits per heavy atom. The molecule has 14 heteroatoms. The Bertz CT molecular complexity index is 895. The standard InChI is InChI=1S/C33H65NO12S/c1-3-5-7-9-11-12-13-14-16-18-20-22-27(37)32(40)34-25(26(36)21-19-17-15-10-8-6-4-2)24-44-33-30(39)31(46-47(41,42)43)29(38)28(23-35)45-33/h25-31,33,35-39H,3-24H2,1-2H3,(H,34,40)(H,41,42,43). The molecular formula is C33H65NO12S. The van der Waals surface area contributed by atoms with Crippen molar-refractivity contribution in [2.24, 2.45) is 0 Å². The minimum absolute atomic E-state index is 0.263. The first kappa shape index (κ1) is 44.1. The van der Waals surface area contributed by atoms with E-state index >= 15 is 0 Å². The van der Waals surface area contributed by atoms with Gasteiger partial charge in [-0.1, -0.05) is 129 Å². The number of nitrogens with one attached hydrogen (secondary N) is 1. The molecule has 13 nitrogen and oxygen atoms in total. The average molecular weight is 700 g/mol. The first-order chi connectivity index (χ1) is 22.4. The average Bonchev–Trinajstić information content (AvgIpc) is 3.03. The molecule has 1 rings (SSSR count). The van der Waals surface area contributed by atoms with E-state index in [-0.39, 0.29) is 6.42 Å². The maximum atomic E-state index is 12.9. The van der Waals surface area contributed by atoms with Gasteiger partial charge in [-0.3, -0.25) is 9.35 Å². The van der Waals surface area contributed by atoms with Crippen molar-refractivity contribution in [3.63, 3.8) is 0 Å². The maximum absolute atomic E-state index is 12.9. The molecule has 0 aliphatic carbocycles. The molecule has 1 saturated heterocycles. The van der Waals surface area contributed by atoms with Gasteiger partial charge in [0.15, 0.2) is 6.29 Å². The lowest BCUT2D eigenvalue weighted by molar-refractivity contribution is -0.298. The Hall–Kier alpha value is -0.940. The smallest absolute Gasteiger partial charge is 0.394 e. The highest BCUT2D eigenvalue weighted by Gasteiger charge is 2.48. The molecule has 1 heterocycles. The number of amides is 1. The Morgan fingerprint density at radius 1 is 0.766 bits per heavy atom. The summed E-state index contributed by atoms with van der Waals surface area (Å²) in [6.45, 7) is 3.16. The predicted octanol–water partition coefficient (Wildman–Crippen LogP) is 3.68. The van der Waals surface area contributed by atoms with Crippen molar-refractivity contribution < 1.29 is 57.0 Å². The molecule has 1 aliphatic heterocycles. The molecule has 7 N–H and O–H groups in total. The molecular weight excluding hydrogens is 634 g/mol. The van der Waals surface area contributed by atoms with E-state index in [0.717, 1.165) is 51.4 Å². The summed E-state index contributed by atoms with van der Waals surface area (Å²) in [4.78, 5) is 12.9. The van der Waals surface area contributed by atoms with Gasteiger partial charge in [-0.25, -0.2) is 4.18 Å². The van der Waals surface area contributed by atoms with E-state index in [2.05, 4.69) is 23.3 Å². The highest BCUT2D eigenvalue weighted by molar-refractivity contribution is 7.80. The number of hydrogen-bond donors (Lipinski definition) is 7. The molecule has 8 unspecified atom stereocenters. The quantitative estimate of drug-likeness (QED) is 0.0440. The van der Waals surface area contributed by atoms with Gasteiger partial charge >= 0.3 is 10.4 Å². The number of aliphatic hydroxyl groups excluding tert-OH is 5.